The zero-order chi connectivity index (χ0) is 21.4. The zero-order valence-electron chi connectivity index (χ0n) is 17.6. The molecule has 0 N–H and O–H groups in total. The van der Waals surface area contributed by atoms with Crippen LogP contribution in [0.1, 0.15) is 36.9 Å². The fourth-order valence-electron chi connectivity index (χ4n) is 3.86. The number of hydrogen-bond acceptors (Lipinski definition) is 4. The van der Waals surface area contributed by atoms with Gasteiger partial charge in [0.1, 0.15) is 0 Å². The van der Waals surface area contributed by atoms with Crippen molar-refractivity contribution in [2.24, 2.45) is 5.92 Å². The van der Waals surface area contributed by atoms with Crippen molar-refractivity contribution in [3.05, 3.63) is 66.0 Å². The highest BCUT2D eigenvalue weighted by molar-refractivity contribution is 7.88. The fraction of sp³-hybridized carbons (Fsp3) is 0.478. The van der Waals surface area contributed by atoms with E-state index in [1.165, 1.54) is 0 Å². The van der Waals surface area contributed by atoms with Crippen LogP contribution in [0.4, 0.5) is 0 Å². The van der Waals surface area contributed by atoms with E-state index in [2.05, 4.69) is 4.98 Å². The predicted octanol–water partition coefficient (Wildman–Crippen LogP) is 3.10. The molecule has 2 aromatic rings. The molecule has 0 saturated carbocycles. The Morgan fingerprint density at radius 2 is 1.93 bits per heavy atom. The Kier molecular flexibility index (Phi) is 7.99. The highest BCUT2D eigenvalue weighted by Gasteiger charge is 2.29. The van der Waals surface area contributed by atoms with Crippen LogP contribution >= 0.6 is 0 Å². The van der Waals surface area contributed by atoms with Crippen molar-refractivity contribution in [1.29, 1.82) is 0 Å². The van der Waals surface area contributed by atoms with E-state index in [0.29, 0.717) is 26.1 Å². The summed E-state index contributed by atoms with van der Waals surface area (Å²) >= 11 is 0. The first-order valence-electron chi connectivity index (χ1n) is 10.6. The lowest BCUT2D eigenvalue weighted by molar-refractivity contribution is -0.130. The fourth-order valence-corrected chi connectivity index (χ4v) is 5.50. The van der Waals surface area contributed by atoms with Crippen LogP contribution in [-0.4, -0.2) is 55.2 Å². The third-order valence-electron chi connectivity index (χ3n) is 5.69. The largest absolute Gasteiger partial charge is 0.345 e. The molecule has 1 amide bonds. The van der Waals surface area contributed by atoms with Gasteiger partial charge in [-0.2, -0.15) is 0 Å². The zero-order valence-corrected chi connectivity index (χ0v) is 18.4. The molecule has 1 fully saturated rings. The molecule has 0 bridgehead atoms. The monoisotopic (exact) mass is 429 g/mol. The number of benzene rings is 1. The summed E-state index contributed by atoms with van der Waals surface area (Å²) in [7, 11) is -1.51. The van der Waals surface area contributed by atoms with E-state index in [4.69, 9.17) is 0 Å². The highest BCUT2D eigenvalue weighted by atomic mass is 32.2. The number of pyridine rings is 1. The van der Waals surface area contributed by atoms with Crippen LogP contribution in [0.2, 0.25) is 0 Å². The highest BCUT2D eigenvalue weighted by Crippen LogP contribution is 2.25. The van der Waals surface area contributed by atoms with Gasteiger partial charge in [-0.05, 0) is 42.9 Å². The number of carbonyl (C=O) groups excluding carboxylic acids is 1. The van der Waals surface area contributed by atoms with Gasteiger partial charge >= 0.3 is 0 Å². The molecule has 1 unspecified atom stereocenters. The molecule has 1 aromatic carbocycles. The summed E-state index contributed by atoms with van der Waals surface area (Å²) in [6.45, 7) is 1.72. The molecule has 1 saturated heterocycles. The molecule has 1 aliphatic rings. The maximum atomic E-state index is 12.8. The van der Waals surface area contributed by atoms with Gasteiger partial charge in [-0.25, -0.2) is 12.7 Å². The maximum Gasteiger partial charge on any atom is 0.222 e. The summed E-state index contributed by atoms with van der Waals surface area (Å²) in [6, 6.07) is 15.1. The molecule has 2 heterocycles. The van der Waals surface area contributed by atoms with Crippen molar-refractivity contribution in [2.45, 2.75) is 37.9 Å². The maximum absolute atomic E-state index is 12.8. The van der Waals surface area contributed by atoms with Gasteiger partial charge in [0.2, 0.25) is 15.9 Å². The van der Waals surface area contributed by atoms with E-state index in [1.807, 2.05) is 55.6 Å². The van der Waals surface area contributed by atoms with Crippen molar-refractivity contribution in [3.8, 4) is 0 Å². The van der Waals surface area contributed by atoms with Crippen molar-refractivity contribution in [3.63, 3.8) is 0 Å². The molecule has 6 nitrogen and oxygen atoms in total. The number of piperidine rings is 1. The third kappa shape index (κ3) is 6.64. The average Bonchev–Trinajstić information content (AvgIpc) is 2.77. The summed E-state index contributed by atoms with van der Waals surface area (Å²) in [5.41, 5.74) is 1.79. The lowest BCUT2D eigenvalue weighted by atomic mass is 9.94. The Morgan fingerprint density at radius 1 is 1.17 bits per heavy atom. The second-order valence-electron chi connectivity index (χ2n) is 8.03. The summed E-state index contributed by atoms with van der Waals surface area (Å²) in [5.74, 6) is 0.378. The van der Waals surface area contributed by atoms with Gasteiger partial charge in [0.15, 0.2) is 0 Å². The van der Waals surface area contributed by atoms with E-state index in [1.54, 1.807) is 15.4 Å². The van der Waals surface area contributed by atoms with Crippen LogP contribution in [0.25, 0.3) is 0 Å². The molecule has 162 valence electrons. The van der Waals surface area contributed by atoms with Crippen molar-refractivity contribution in [2.75, 3.05) is 26.7 Å². The molecule has 3 rings (SSSR count). The molecule has 1 atom stereocenters. The minimum Gasteiger partial charge on any atom is -0.345 e. The molecular formula is C23H31N3O3S. The van der Waals surface area contributed by atoms with E-state index < -0.39 is 10.0 Å². The molecular weight excluding hydrogens is 398 g/mol. The molecule has 1 aliphatic heterocycles. The average molecular weight is 430 g/mol. The van der Waals surface area contributed by atoms with Crippen molar-refractivity contribution < 1.29 is 13.2 Å². The van der Waals surface area contributed by atoms with Crippen LogP contribution in [0, 0.1) is 5.92 Å². The van der Waals surface area contributed by atoms with Crippen LogP contribution in [-0.2, 0) is 27.0 Å². The third-order valence-corrected chi connectivity index (χ3v) is 7.51. The van der Waals surface area contributed by atoms with Crippen LogP contribution in [0.15, 0.2) is 54.7 Å². The molecule has 7 heteroatoms. The van der Waals surface area contributed by atoms with E-state index in [0.717, 1.165) is 36.9 Å². The normalized spacial score (nSPS) is 17.6. The second-order valence-corrected chi connectivity index (χ2v) is 10.0. The van der Waals surface area contributed by atoms with Gasteiger partial charge in [0.05, 0.1) is 5.75 Å². The minimum atomic E-state index is -3.33. The first-order chi connectivity index (χ1) is 14.4. The molecule has 0 spiro atoms. The van der Waals surface area contributed by atoms with Crippen molar-refractivity contribution in [1.82, 2.24) is 14.2 Å². The number of aromatic nitrogens is 1. The molecule has 0 aliphatic carbocycles. The van der Waals surface area contributed by atoms with Gasteiger partial charge in [0, 0.05) is 51.4 Å². The lowest BCUT2D eigenvalue weighted by Crippen LogP contribution is -2.40. The standard InChI is InChI=1S/C23H31N3O3S/c1-25(17-14-22-11-5-6-15-24-22)23(27)13-12-20-10-7-16-26(18-20)30(28,29)19-21-8-3-2-4-9-21/h2-6,8-9,11,15,20H,7,10,12-14,16-19H2,1H3. The van der Waals surface area contributed by atoms with E-state index >= 15 is 0 Å². The van der Waals surface area contributed by atoms with E-state index in [-0.39, 0.29) is 17.6 Å². The Morgan fingerprint density at radius 3 is 2.67 bits per heavy atom. The topological polar surface area (TPSA) is 70.6 Å². The second kappa shape index (κ2) is 10.7. The summed E-state index contributed by atoms with van der Waals surface area (Å²) < 4.78 is 27.2. The molecule has 30 heavy (non-hydrogen) atoms. The Hall–Kier alpha value is -2.25. The smallest absolute Gasteiger partial charge is 0.222 e. The summed E-state index contributed by atoms with van der Waals surface area (Å²) in [6.07, 6.45) is 5.50. The summed E-state index contributed by atoms with van der Waals surface area (Å²) in [4.78, 5) is 18.5. The molecule has 1 aromatic heterocycles. The number of sulfonamides is 1. The van der Waals surface area contributed by atoms with Crippen LogP contribution in [0.5, 0.6) is 0 Å². The lowest BCUT2D eigenvalue weighted by Gasteiger charge is -2.32. The first-order valence-corrected chi connectivity index (χ1v) is 12.2. The van der Waals surface area contributed by atoms with Gasteiger partial charge < -0.3 is 4.90 Å². The SMILES string of the molecule is CN(CCc1ccccn1)C(=O)CCC1CCCN(S(=O)(=O)Cc2ccccc2)C1. The quantitative estimate of drug-likeness (QED) is 0.614. The van der Waals surface area contributed by atoms with Crippen molar-refractivity contribution >= 4 is 15.9 Å². The number of rotatable bonds is 9. The predicted molar refractivity (Wildman–Crippen MR) is 118 cm³/mol. The van der Waals surface area contributed by atoms with Gasteiger partial charge in [0.25, 0.3) is 0 Å². The van der Waals surface area contributed by atoms with Gasteiger partial charge in [-0.1, -0.05) is 36.4 Å². The number of carbonyl (C=O) groups is 1. The minimum absolute atomic E-state index is 0.0375. The Labute approximate surface area is 180 Å². The van der Waals surface area contributed by atoms with Crippen LogP contribution in [0.3, 0.4) is 0 Å². The summed E-state index contributed by atoms with van der Waals surface area (Å²) in [5, 5.41) is 0. The van der Waals surface area contributed by atoms with Gasteiger partial charge in [-0.3, -0.25) is 9.78 Å². The number of nitrogens with zero attached hydrogens (tertiary/aromatic N) is 3. The van der Waals surface area contributed by atoms with Crippen LogP contribution < -0.4 is 0 Å². The number of hydrogen-bond donors (Lipinski definition) is 0. The number of likely N-dealkylation sites (N-methyl/N-ethyl adjacent to an activating group) is 1. The van der Waals surface area contributed by atoms with Gasteiger partial charge in [-0.15, -0.1) is 0 Å². The van der Waals surface area contributed by atoms with E-state index in [9.17, 15) is 13.2 Å². The Balaban J connectivity index is 1.45. The molecule has 0 radical (unpaired) electrons. The number of amides is 1. The first kappa shape index (κ1) is 22.4. The Bertz CT molecular complexity index is 904.